The molecule has 2 aromatic rings. The van der Waals surface area contributed by atoms with Crippen molar-refractivity contribution in [1.82, 2.24) is 9.69 Å². The summed E-state index contributed by atoms with van der Waals surface area (Å²) < 4.78 is 31.0. The van der Waals surface area contributed by atoms with E-state index >= 15 is 0 Å². The second kappa shape index (κ2) is 6.17. The number of nitrogens with zero attached hydrogens (tertiary/aromatic N) is 1. The SMILES string of the molecule is CNc1snc(C)c1C(=O)N[C@@H](C)c1cc(F)ccc1F. The standard InChI is InChI=1S/C14H15F2N3OS/c1-7(10-6-9(15)4-5-11(10)16)18-13(20)12-8(2)19-21-14(12)17-3/h4-7,17H,1-3H3,(H,18,20)/t7-/m0/s1. The van der Waals surface area contributed by atoms with Gasteiger partial charge in [-0.3, -0.25) is 4.79 Å². The molecule has 0 unspecified atom stereocenters. The molecule has 0 bridgehead atoms. The molecule has 112 valence electrons. The third-order valence-electron chi connectivity index (χ3n) is 3.09. The number of carbonyl (C=O) groups excluding carboxylic acids is 1. The van der Waals surface area contributed by atoms with Crippen LogP contribution in [-0.2, 0) is 0 Å². The van der Waals surface area contributed by atoms with Crippen LogP contribution in [0.25, 0.3) is 0 Å². The third kappa shape index (κ3) is 3.18. The highest BCUT2D eigenvalue weighted by Crippen LogP contribution is 2.25. The van der Waals surface area contributed by atoms with E-state index in [1.54, 1.807) is 20.9 Å². The first-order valence-corrected chi connectivity index (χ1v) is 7.11. The van der Waals surface area contributed by atoms with Crippen molar-refractivity contribution >= 4 is 22.4 Å². The van der Waals surface area contributed by atoms with Crippen molar-refractivity contribution in [1.29, 1.82) is 0 Å². The average molecular weight is 311 g/mol. The molecule has 0 radical (unpaired) electrons. The lowest BCUT2D eigenvalue weighted by Crippen LogP contribution is -2.28. The number of aromatic nitrogens is 1. The molecule has 0 aliphatic carbocycles. The van der Waals surface area contributed by atoms with Crippen molar-refractivity contribution in [3.8, 4) is 0 Å². The molecular weight excluding hydrogens is 296 g/mol. The molecule has 0 saturated heterocycles. The van der Waals surface area contributed by atoms with E-state index in [1.807, 2.05) is 0 Å². The fraction of sp³-hybridized carbons (Fsp3) is 0.286. The van der Waals surface area contributed by atoms with Crippen LogP contribution in [0.5, 0.6) is 0 Å². The molecule has 1 atom stereocenters. The van der Waals surface area contributed by atoms with Crippen molar-refractivity contribution in [2.24, 2.45) is 0 Å². The van der Waals surface area contributed by atoms with E-state index in [0.717, 1.165) is 18.2 Å². The number of anilines is 1. The zero-order chi connectivity index (χ0) is 15.6. The molecular formula is C14H15F2N3OS. The number of carbonyl (C=O) groups is 1. The van der Waals surface area contributed by atoms with Gasteiger partial charge in [0, 0.05) is 12.6 Å². The molecule has 1 aromatic heterocycles. The van der Waals surface area contributed by atoms with E-state index in [9.17, 15) is 13.6 Å². The van der Waals surface area contributed by atoms with Crippen LogP contribution in [-0.4, -0.2) is 17.3 Å². The van der Waals surface area contributed by atoms with Crippen LogP contribution < -0.4 is 10.6 Å². The Bertz CT molecular complexity index is 672. The highest BCUT2D eigenvalue weighted by molar-refractivity contribution is 7.10. The predicted octanol–water partition coefficient (Wildman–Crippen LogP) is 3.26. The molecule has 1 amide bonds. The van der Waals surface area contributed by atoms with Crippen LogP contribution in [0, 0.1) is 18.6 Å². The average Bonchev–Trinajstić information content (AvgIpc) is 2.82. The molecule has 0 aliphatic heterocycles. The minimum Gasteiger partial charge on any atom is -0.378 e. The first-order chi connectivity index (χ1) is 9.93. The summed E-state index contributed by atoms with van der Waals surface area (Å²) in [7, 11) is 1.69. The van der Waals surface area contributed by atoms with Gasteiger partial charge in [0.05, 0.1) is 17.3 Å². The molecule has 0 aliphatic rings. The summed E-state index contributed by atoms with van der Waals surface area (Å²) >= 11 is 1.18. The molecule has 1 heterocycles. The van der Waals surface area contributed by atoms with Crippen LogP contribution in [0.2, 0.25) is 0 Å². The Kier molecular flexibility index (Phi) is 4.52. The number of aryl methyl sites for hydroxylation is 1. The molecule has 2 rings (SSSR count). The summed E-state index contributed by atoms with van der Waals surface area (Å²) in [5.41, 5.74) is 1.12. The number of nitrogens with one attached hydrogen (secondary N) is 2. The summed E-state index contributed by atoms with van der Waals surface area (Å²) in [5, 5.41) is 6.19. The van der Waals surface area contributed by atoms with Crippen molar-refractivity contribution in [3.05, 3.63) is 46.7 Å². The van der Waals surface area contributed by atoms with Crippen molar-refractivity contribution in [2.75, 3.05) is 12.4 Å². The summed E-state index contributed by atoms with van der Waals surface area (Å²) in [4.78, 5) is 12.3. The second-order valence-electron chi connectivity index (χ2n) is 4.58. The lowest BCUT2D eigenvalue weighted by molar-refractivity contribution is 0.0939. The van der Waals surface area contributed by atoms with Gasteiger partial charge in [-0.15, -0.1) is 0 Å². The monoisotopic (exact) mass is 311 g/mol. The van der Waals surface area contributed by atoms with E-state index in [-0.39, 0.29) is 11.5 Å². The van der Waals surface area contributed by atoms with Crippen LogP contribution >= 0.6 is 11.5 Å². The van der Waals surface area contributed by atoms with Crippen LogP contribution in [0.4, 0.5) is 13.8 Å². The lowest BCUT2D eigenvalue weighted by atomic mass is 10.1. The zero-order valence-corrected chi connectivity index (χ0v) is 12.6. The minimum atomic E-state index is -0.655. The van der Waals surface area contributed by atoms with Crippen LogP contribution in [0.15, 0.2) is 18.2 Å². The number of amides is 1. The summed E-state index contributed by atoms with van der Waals surface area (Å²) in [6, 6.07) is 2.51. The predicted molar refractivity (Wildman–Crippen MR) is 78.6 cm³/mol. The number of rotatable bonds is 4. The third-order valence-corrected chi connectivity index (χ3v) is 4.04. The Morgan fingerprint density at radius 2 is 2.10 bits per heavy atom. The molecule has 0 fully saturated rings. The second-order valence-corrected chi connectivity index (χ2v) is 5.36. The Morgan fingerprint density at radius 1 is 1.38 bits per heavy atom. The van der Waals surface area contributed by atoms with Gasteiger partial charge < -0.3 is 10.6 Å². The molecule has 2 N–H and O–H groups in total. The Hall–Kier alpha value is -2.02. The van der Waals surface area contributed by atoms with Gasteiger partial charge in [0.2, 0.25) is 0 Å². The smallest absolute Gasteiger partial charge is 0.256 e. The van der Waals surface area contributed by atoms with Gasteiger partial charge in [-0.05, 0) is 43.6 Å². The summed E-state index contributed by atoms with van der Waals surface area (Å²) in [6.45, 7) is 3.32. The van der Waals surface area contributed by atoms with Gasteiger partial charge in [0.25, 0.3) is 5.91 Å². The van der Waals surface area contributed by atoms with E-state index < -0.39 is 17.7 Å². The largest absolute Gasteiger partial charge is 0.378 e. The fourth-order valence-electron chi connectivity index (χ4n) is 2.00. The van der Waals surface area contributed by atoms with Gasteiger partial charge in [0.1, 0.15) is 16.6 Å². The number of hydrogen-bond acceptors (Lipinski definition) is 4. The number of halogens is 2. The van der Waals surface area contributed by atoms with Gasteiger partial charge in [0.15, 0.2) is 0 Å². The Labute approximate surface area is 125 Å². The van der Waals surface area contributed by atoms with Crippen molar-refractivity contribution in [3.63, 3.8) is 0 Å². The quantitative estimate of drug-likeness (QED) is 0.911. The lowest BCUT2D eigenvalue weighted by Gasteiger charge is -2.15. The van der Waals surface area contributed by atoms with E-state index in [0.29, 0.717) is 16.3 Å². The van der Waals surface area contributed by atoms with Gasteiger partial charge in [-0.2, -0.15) is 4.37 Å². The maximum absolute atomic E-state index is 13.7. The fourth-order valence-corrected chi connectivity index (χ4v) is 2.74. The van der Waals surface area contributed by atoms with Crippen molar-refractivity contribution in [2.45, 2.75) is 19.9 Å². The number of benzene rings is 1. The van der Waals surface area contributed by atoms with Crippen LogP contribution in [0.1, 0.15) is 34.6 Å². The topological polar surface area (TPSA) is 54.0 Å². The molecule has 21 heavy (non-hydrogen) atoms. The zero-order valence-electron chi connectivity index (χ0n) is 11.8. The van der Waals surface area contributed by atoms with Gasteiger partial charge in [-0.25, -0.2) is 8.78 Å². The summed E-state index contributed by atoms with van der Waals surface area (Å²) in [6.07, 6.45) is 0. The minimum absolute atomic E-state index is 0.107. The normalized spacial score (nSPS) is 12.0. The Balaban J connectivity index is 2.23. The van der Waals surface area contributed by atoms with E-state index in [1.165, 1.54) is 11.5 Å². The molecule has 1 aromatic carbocycles. The highest BCUT2D eigenvalue weighted by Gasteiger charge is 2.21. The van der Waals surface area contributed by atoms with Gasteiger partial charge >= 0.3 is 0 Å². The van der Waals surface area contributed by atoms with Crippen molar-refractivity contribution < 1.29 is 13.6 Å². The molecule has 0 saturated carbocycles. The van der Waals surface area contributed by atoms with E-state index in [4.69, 9.17) is 0 Å². The summed E-state index contributed by atoms with van der Waals surface area (Å²) in [5.74, 6) is -1.48. The maximum Gasteiger partial charge on any atom is 0.256 e. The van der Waals surface area contributed by atoms with Gasteiger partial charge in [-0.1, -0.05) is 0 Å². The maximum atomic E-state index is 13.7. The first-order valence-electron chi connectivity index (χ1n) is 6.34. The van der Waals surface area contributed by atoms with E-state index in [2.05, 4.69) is 15.0 Å². The highest BCUT2D eigenvalue weighted by atomic mass is 32.1. The first kappa shape index (κ1) is 15.4. The molecule has 0 spiro atoms. The Morgan fingerprint density at radius 3 is 2.76 bits per heavy atom. The number of hydrogen-bond donors (Lipinski definition) is 2. The van der Waals surface area contributed by atoms with Crippen LogP contribution in [0.3, 0.4) is 0 Å². The molecule has 4 nitrogen and oxygen atoms in total. The molecule has 7 heteroatoms.